The third kappa shape index (κ3) is 5.12. The molecule has 0 aliphatic carbocycles. The Kier molecular flexibility index (Phi) is 7.08. The predicted octanol–water partition coefficient (Wildman–Crippen LogP) is 5.65. The Hall–Kier alpha value is -2.89. The number of halogens is 2. The smallest absolute Gasteiger partial charge is 0.341 e. The zero-order valence-corrected chi connectivity index (χ0v) is 18.8. The summed E-state index contributed by atoms with van der Waals surface area (Å²) >= 11 is 6.05. The van der Waals surface area contributed by atoms with Crippen LogP contribution in [0.15, 0.2) is 66.7 Å². The molecule has 0 spiro atoms. The molecule has 166 valence electrons. The van der Waals surface area contributed by atoms with E-state index in [1.54, 1.807) is 13.0 Å². The van der Waals surface area contributed by atoms with E-state index in [1.165, 1.54) is 23.3 Å². The van der Waals surface area contributed by atoms with Crippen molar-refractivity contribution in [1.29, 1.82) is 0 Å². The van der Waals surface area contributed by atoms with Gasteiger partial charge in [-0.05, 0) is 53.9 Å². The molecule has 1 aliphatic heterocycles. The Labute approximate surface area is 193 Å². The van der Waals surface area contributed by atoms with Crippen LogP contribution in [0.4, 0.5) is 10.1 Å². The zero-order chi connectivity index (χ0) is 22.5. The fourth-order valence-electron chi connectivity index (χ4n) is 4.05. The van der Waals surface area contributed by atoms with E-state index in [1.807, 2.05) is 24.3 Å². The summed E-state index contributed by atoms with van der Waals surface area (Å²) in [6, 6.07) is 21.1. The minimum Gasteiger partial charge on any atom is -0.462 e. The van der Waals surface area contributed by atoms with Gasteiger partial charge in [0.05, 0.1) is 12.2 Å². The second-order valence-corrected chi connectivity index (χ2v) is 8.25. The number of benzene rings is 3. The molecule has 0 radical (unpaired) electrons. The van der Waals surface area contributed by atoms with Crippen LogP contribution in [0.5, 0.6) is 0 Å². The molecule has 4 rings (SSSR count). The Morgan fingerprint density at radius 1 is 1.00 bits per heavy atom. The summed E-state index contributed by atoms with van der Waals surface area (Å²) < 4.78 is 19.3. The van der Waals surface area contributed by atoms with Gasteiger partial charge in [-0.2, -0.15) is 0 Å². The van der Waals surface area contributed by atoms with Crippen LogP contribution >= 0.6 is 11.6 Å². The van der Waals surface area contributed by atoms with E-state index in [0.29, 0.717) is 0 Å². The third-order valence-corrected chi connectivity index (χ3v) is 6.00. The van der Waals surface area contributed by atoms with Crippen molar-refractivity contribution in [3.05, 3.63) is 88.7 Å². The number of carbonyl (C=O) groups excluding carboxylic acids is 1. The van der Waals surface area contributed by atoms with Crippen molar-refractivity contribution in [2.75, 3.05) is 37.7 Å². The van der Waals surface area contributed by atoms with Crippen LogP contribution in [-0.2, 0) is 11.3 Å². The molecular weight excluding hydrogens is 427 g/mol. The van der Waals surface area contributed by atoms with Crippen LogP contribution < -0.4 is 4.90 Å². The number of anilines is 1. The highest BCUT2D eigenvalue weighted by atomic mass is 35.5. The first-order valence-electron chi connectivity index (χ1n) is 10.8. The Balaban J connectivity index is 1.40. The van der Waals surface area contributed by atoms with Gasteiger partial charge < -0.3 is 9.64 Å². The van der Waals surface area contributed by atoms with E-state index in [0.717, 1.165) is 49.0 Å². The fraction of sp³-hybridized carbons (Fsp3) is 0.269. The van der Waals surface area contributed by atoms with Crippen LogP contribution in [0, 0.1) is 5.82 Å². The highest BCUT2D eigenvalue weighted by Crippen LogP contribution is 2.27. The first-order chi connectivity index (χ1) is 15.5. The summed E-state index contributed by atoms with van der Waals surface area (Å²) in [6.07, 6.45) is 0. The maximum absolute atomic E-state index is 14.4. The number of carbonyl (C=O) groups is 1. The molecule has 0 atom stereocenters. The molecule has 3 aromatic rings. The first-order valence-corrected chi connectivity index (χ1v) is 11.2. The molecule has 3 aromatic carbocycles. The van der Waals surface area contributed by atoms with Gasteiger partial charge in [-0.15, -0.1) is 0 Å². The van der Waals surface area contributed by atoms with Crippen molar-refractivity contribution in [2.24, 2.45) is 0 Å². The SMILES string of the molecule is CCOC(=O)c1ccc(N2CCN(Cc3ccccc3-c3ccc(Cl)cc3)CC2)cc1F. The predicted molar refractivity (Wildman–Crippen MR) is 127 cm³/mol. The number of nitrogens with zero attached hydrogens (tertiary/aromatic N) is 2. The van der Waals surface area contributed by atoms with Gasteiger partial charge in [0.2, 0.25) is 0 Å². The molecule has 1 heterocycles. The van der Waals surface area contributed by atoms with Gasteiger partial charge in [0.15, 0.2) is 0 Å². The second kappa shape index (κ2) is 10.2. The van der Waals surface area contributed by atoms with Gasteiger partial charge in [0.25, 0.3) is 0 Å². The highest BCUT2D eigenvalue weighted by Gasteiger charge is 2.20. The molecule has 4 nitrogen and oxygen atoms in total. The van der Waals surface area contributed by atoms with E-state index in [-0.39, 0.29) is 12.2 Å². The van der Waals surface area contributed by atoms with Gasteiger partial charge in [0.1, 0.15) is 5.82 Å². The number of hydrogen-bond acceptors (Lipinski definition) is 4. The van der Waals surface area contributed by atoms with Gasteiger partial charge in [0, 0.05) is 43.4 Å². The molecule has 32 heavy (non-hydrogen) atoms. The number of ether oxygens (including phenoxy) is 1. The van der Waals surface area contributed by atoms with Crippen LogP contribution in [0.25, 0.3) is 11.1 Å². The topological polar surface area (TPSA) is 32.8 Å². The first kappa shape index (κ1) is 22.3. The molecule has 0 N–H and O–H groups in total. The van der Waals surface area contributed by atoms with Crippen LogP contribution in [0.1, 0.15) is 22.8 Å². The molecule has 6 heteroatoms. The van der Waals surface area contributed by atoms with E-state index in [9.17, 15) is 9.18 Å². The van der Waals surface area contributed by atoms with Crippen molar-refractivity contribution >= 4 is 23.3 Å². The maximum Gasteiger partial charge on any atom is 0.341 e. The summed E-state index contributed by atoms with van der Waals surface area (Å²) in [4.78, 5) is 16.4. The van der Waals surface area contributed by atoms with Gasteiger partial charge in [-0.1, -0.05) is 48.0 Å². The summed E-state index contributed by atoms with van der Waals surface area (Å²) in [5.41, 5.74) is 4.40. The second-order valence-electron chi connectivity index (χ2n) is 7.81. The van der Waals surface area contributed by atoms with Crippen molar-refractivity contribution < 1.29 is 13.9 Å². The van der Waals surface area contributed by atoms with Crippen LogP contribution in [-0.4, -0.2) is 43.7 Å². The molecule has 0 bridgehead atoms. The maximum atomic E-state index is 14.4. The average Bonchev–Trinajstić information content (AvgIpc) is 2.81. The van der Waals surface area contributed by atoms with Crippen LogP contribution in [0.2, 0.25) is 5.02 Å². The Morgan fingerprint density at radius 3 is 2.41 bits per heavy atom. The molecule has 1 fully saturated rings. The molecular formula is C26H26ClFN2O2. The lowest BCUT2D eigenvalue weighted by Gasteiger charge is -2.36. The largest absolute Gasteiger partial charge is 0.462 e. The highest BCUT2D eigenvalue weighted by molar-refractivity contribution is 6.30. The molecule has 1 saturated heterocycles. The quantitative estimate of drug-likeness (QED) is 0.453. The number of hydrogen-bond donors (Lipinski definition) is 0. The van der Waals surface area contributed by atoms with Gasteiger partial charge >= 0.3 is 5.97 Å². The summed E-state index contributed by atoms with van der Waals surface area (Å²) in [5.74, 6) is -1.17. The summed E-state index contributed by atoms with van der Waals surface area (Å²) in [7, 11) is 0. The van der Waals surface area contributed by atoms with E-state index in [2.05, 4.69) is 34.1 Å². The molecule has 0 unspecified atom stereocenters. The van der Waals surface area contributed by atoms with E-state index < -0.39 is 11.8 Å². The number of piperazine rings is 1. The minimum absolute atomic E-state index is 0.0203. The van der Waals surface area contributed by atoms with E-state index in [4.69, 9.17) is 16.3 Å². The van der Waals surface area contributed by atoms with Crippen molar-refractivity contribution in [1.82, 2.24) is 4.90 Å². The fourth-order valence-corrected chi connectivity index (χ4v) is 4.18. The lowest BCUT2D eigenvalue weighted by Crippen LogP contribution is -2.46. The van der Waals surface area contributed by atoms with Crippen molar-refractivity contribution in [3.63, 3.8) is 0 Å². The zero-order valence-electron chi connectivity index (χ0n) is 18.1. The standard InChI is InChI=1S/C26H26ClFN2O2/c1-2-32-26(31)24-12-11-22(17-25(24)28)30-15-13-29(14-16-30)18-20-5-3-4-6-23(20)19-7-9-21(27)10-8-19/h3-12,17H,2,13-16,18H2,1H3. The minimum atomic E-state index is -0.624. The average molecular weight is 453 g/mol. The Morgan fingerprint density at radius 2 is 1.72 bits per heavy atom. The summed E-state index contributed by atoms with van der Waals surface area (Å²) in [6.45, 7) is 6.11. The Bertz CT molecular complexity index is 1080. The molecule has 1 aliphatic rings. The van der Waals surface area contributed by atoms with Crippen molar-refractivity contribution in [3.8, 4) is 11.1 Å². The lowest BCUT2D eigenvalue weighted by atomic mass is 9.99. The molecule has 0 aromatic heterocycles. The number of rotatable bonds is 6. The number of esters is 1. The van der Waals surface area contributed by atoms with E-state index >= 15 is 0 Å². The molecule has 0 amide bonds. The third-order valence-electron chi connectivity index (χ3n) is 5.75. The lowest BCUT2D eigenvalue weighted by molar-refractivity contribution is 0.0521. The van der Waals surface area contributed by atoms with Crippen LogP contribution in [0.3, 0.4) is 0 Å². The monoisotopic (exact) mass is 452 g/mol. The normalized spacial score (nSPS) is 14.4. The van der Waals surface area contributed by atoms with Crippen molar-refractivity contribution in [2.45, 2.75) is 13.5 Å². The summed E-state index contributed by atoms with van der Waals surface area (Å²) in [5, 5.41) is 0.731. The van der Waals surface area contributed by atoms with Gasteiger partial charge in [-0.3, -0.25) is 4.90 Å². The van der Waals surface area contributed by atoms with Gasteiger partial charge in [-0.25, -0.2) is 9.18 Å². The molecule has 0 saturated carbocycles.